The van der Waals surface area contributed by atoms with Gasteiger partial charge in [0.25, 0.3) is 0 Å². The maximum atomic E-state index is 5.33. The van der Waals surface area contributed by atoms with Crippen molar-refractivity contribution in [3.05, 3.63) is 30.1 Å². The van der Waals surface area contributed by atoms with Gasteiger partial charge in [-0.3, -0.25) is 9.88 Å². The van der Waals surface area contributed by atoms with E-state index < -0.39 is 0 Å². The van der Waals surface area contributed by atoms with Gasteiger partial charge in [-0.1, -0.05) is 6.07 Å². The number of pyridine rings is 1. The van der Waals surface area contributed by atoms with E-state index in [1.807, 2.05) is 18.3 Å². The molecule has 0 saturated heterocycles. The predicted octanol–water partition coefficient (Wildman–Crippen LogP) is 1.32. The molecule has 4 nitrogen and oxygen atoms in total. The molecule has 1 aromatic rings. The third-order valence-electron chi connectivity index (χ3n) is 3.65. The van der Waals surface area contributed by atoms with E-state index >= 15 is 0 Å². The van der Waals surface area contributed by atoms with E-state index in [2.05, 4.69) is 28.3 Å². The number of likely N-dealkylation sites (N-methyl/N-ethyl adjacent to an activating group) is 1. The minimum atomic E-state index is 0.439. The topological polar surface area (TPSA) is 37.4 Å². The standard InChI is InChI=1S/C15H25N3O/c1-18(10-8-13-5-3-4-9-16-13)15(12-19-2)11-17-14-6-7-14/h3-5,9,14-15,17H,6-8,10-12H2,1-2H3. The molecule has 1 aliphatic carbocycles. The molecule has 106 valence electrons. The van der Waals surface area contributed by atoms with Gasteiger partial charge in [-0.25, -0.2) is 0 Å². The van der Waals surface area contributed by atoms with Gasteiger partial charge in [-0.05, 0) is 32.0 Å². The summed E-state index contributed by atoms with van der Waals surface area (Å²) in [6.45, 7) is 2.80. The molecule has 0 radical (unpaired) electrons. The van der Waals surface area contributed by atoms with Gasteiger partial charge in [0.1, 0.15) is 0 Å². The van der Waals surface area contributed by atoms with Crippen LogP contribution in [0.3, 0.4) is 0 Å². The fraction of sp³-hybridized carbons (Fsp3) is 0.667. The molecule has 0 bridgehead atoms. The molecule has 1 aromatic heterocycles. The Bertz CT molecular complexity index is 354. The second-order valence-electron chi connectivity index (χ2n) is 5.34. The summed E-state index contributed by atoms with van der Waals surface area (Å²) in [5.41, 5.74) is 1.15. The number of hydrogen-bond donors (Lipinski definition) is 1. The van der Waals surface area contributed by atoms with Crippen molar-refractivity contribution in [1.29, 1.82) is 0 Å². The Morgan fingerprint density at radius 3 is 2.95 bits per heavy atom. The second kappa shape index (κ2) is 7.58. The van der Waals surface area contributed by atoms with Crippen molar-refractivity contribution in [2.45, 2.75) is 31.3 Å². The molecule has 0 aromatic carbocycles. The first kappa shape index (κ1) is 14.4. The van der Waals surface area contributed by atoms with Crippen LogP contribution in [0.4, 0.5) is 0 Å². The van der Waals surface area contributed by atoms with Gasteiger partial charge in [0, 0.05) is 50.6 Å². The molecule has 1 atom stereocenters. The Labute approximate surface area is 116 Å². The van der Waals surface area contributed by atoms with E-state index in [1.54, 1.807) is 7.11 Å². The number of nitrogens with one attached hydrogen (secondary N) is 1. The van der Waals surface area contributed by atoms with Crippen LogP contribution in [0, 0.1) is 0 Å². The zero-order chi connectivity index (χ0) is 13.5. The molecule has 2 rings (SSSR count). The SMILES string of the molecule is COCC(CNC1CC1)N(C)CCc1ccccn1. The quantitative estimate of drug-likeness (QED) is 0.729. The fourth-order valence-electron chi connectivity index (χ4n) is 2.14. The summed E-state index contributed by atoms with van der Waals surface area (Å²) in [6.07, 6.45) is 5.51. The Morgan fingerprint density at radius 1 is 1.47 bits per heavy atom. The van der Waals surface area contributed by atoms with E-state index in [-0.39, 0.29) is 0 Å². The van der Waals surface area contributed by atoms with Crippen molar-refractivity contribution in [2.24, 2.45) is 0 Å². The molecular weight excluding hydrogens is 238 g/mol. The minimum absolute atomic E-state index is 0.439. The Balaban J connectivity index is 1.75. The van der Waals surface area contributed by atoms with E-state index in [0.717, 1.165) is 37.9 Å². The van der Waals surface area contributed by atoms with Crippen molar-refractivity contribution >= 4 is 0 Å². The average Bonchev–Trinajstić information content (AvgIpc) is 3.26. The van der Waals surface area contributed by atoms with Crippen molar-refractivity contribution < 1.29 is 4.74 Å². The minimum Gasteiger partial charge on any atom is -0.383 e. The first-order valence-electron chi connectivity index (χ1n) is 7.12. The van der Waals surface area contributed by atoms with Gasteiger partial charge in [0.05, 0.1) is 6.61 Å². The molecule has 0 spiro atoms. The highest BCUT2D eigenvalue weighted by atomic mass is 16.5. The molecule has 1 aliphatic rings. The van der Waals surface area contributed by atoms with Crippen LogP contribution in [0.15, 0.2) is 24.4 Å². The van der Waals surface area contributed by atoms with Crippen LogP contribution < -0.4 is 5.32 Å². The summed E-state index contributed by atoms with van der Waals surface area (Å²) in [7, 11) is 3.94. The van der Waals surface area contributed by atoms with Gasteiger partial charge < -0.3 is 10.1 Å². The van der Waals surface area contributed by atoms with Gasteiger partial charge in [-0.2, -0.15) is 0 Å². The monoisotopic (exact) mass is 263 g/mol. The number of ether oxygens (including phenoxy) is 1. The van der Waals surface area contributed by atoms with E-state index in [1.165, 1.54) is 12.8 Å². The first-order chi connectivity index (χ1) is 9.29. The Morgan fingerprint density at radius 2 is 2.32 bits per heavy atom. The summed E-state index contributed by atoms with van der Waals surface area (Å²) < 4.78 is 5.33. The highest BCUT2D eigenvalue weighted by Gasteiger charge is 2.23. The molecule has 1 fully saturated rings. The maximum Gasteiger partial charge on any atom is 0.0630 e. The third kappa shape index (κ3) is 5.27. The third-order valence-corrected chi connectivity index (χ3v) is 3.65. The lowest BCUT2D eigenvalue weighted by Crippen LogP contribution is -2.44. The first-order valence-corrected chi connectivity index (χ1v) is 7.12. The highest BCUT2D eigenvalue weighted by molar-refractivity contribution is 5.03. The van der Waals surface area contributed by atoms with Gasteiger partial charge >= 0.3 is 0 Å². The molecule has 1 unspecified atom stereocenters. The van der Waals surface area contributed by atoms with Gasteiger partial charge in [-0.15, -0.1) is 0 Å². The lowest BCUT2D eigenvalue weighted by molar-refractivity contribution is 0.105. The molecule has 1 N–H and O–H groups in total. The van der Waals surface area contributed by atoms with Crippen molar-refractivity contribution in [2.75, 3.05) is 33.9 Å². The smallest absolute Gasteiger partial charge is 0.0630 e. The summed E-state index contributed by atoms with van der Waals surface area (Å²) in [6, 6.07) is 7.28. The lowest BCUT2D eigenvalue weighted by Gasteiger charge is -2.27. The Kier molecular flexibility index (Phi) is 5.76. The number of rotatable bonds is 9. The zero-order valence-electron chi connectivity index (χ0n) is 12.0. The summed E-state index contributed by atoms with van der Waals surface area (Å²) in [5.74, 6) is 0. The van der Waals surface area contributed by atoms with Crippen LogP contribution in [0.25, 0.3) is 0 Å². The summed E-state index contributed by atoms with van der Waals surface area (Å²) in [5, 5.41) is 3.58. The molecular formula is C15H25N3O. The summed E-state index contributed by atoms with van der Waals surface area (Å²) in [4.78, 5) is 6.74. The fourth-order valence-corrected chi connectivity index (χ4v) is 2.14. The maximum absolute atomic E-state index is 5.33. The van der Waals surface area contributed by atoms with Crippen LogP contribution in [0.5, 0.6) is 0 Å². The molecule has 1 heterocycles. The average molecular weight is 263 g/mol. The van der Waals surface area contributed by atoms with Crippen molar-refractivity contribution in [1.82, 2.24) is 15.2 Å². The largest absolute Gasteiger partial charge is 0.383 e. The molecule has 19 heavy (non-hydrogen) atoms. The second-order valence-corrected chi connectivity index (χ2v) is 5.34. The number of nitrogens with zero attached hydrogens (tertiary/aromatic N) is 2. The van der Waals surface area contributed by atoms with Crippen LogP contribution in [-0.4, -0.2) is 55.8 Å². The predicted molar refractivity (Wildman–Crippen MR) is 77.3 cm³/mol. The zero-order valence-corrected chi connectivity index (χ0v) is 12.0. The van der Waals surface area contributed by atoms with Gasteiger partial charge in [0.15, 0.2) is 0 Å². The van der Waals surface area contributed by atoms with Crippen LogP contribution in [0.1, 0.15) is 18.5 Å². The summed E-state index contributed by atoms with van der Waals surface area (Å²) >= 11 is 0. The van der Waals surface area contributed by atoms with E-state index in [4.69, 9.17) is 4.74 Å². The van der Waals surface area contributed by atoms with E-state index in [9.17, 15) is 0 Å². The highest BCUT2D eigenvalue weighted by Crippen LogP contribution is 2.18. The number of hydrogen-bond acceptors (Lipinski definition) is 4. The molecule has 1 saturated carbocycles. The van der Waals surface area contributed by atoms with Crippen LogP contribution in [0.2, 0.25) is 0 Å². The lowest BCUT2D eigenvalue weighted by atomic mass is 10.2. The van der Waals surface area contributed by atoms with Crippen LogP contribution >= 0.6 is 0 Å². The Hall–Kier alpha value is -0.970. The van der Waals surface area contributed by atoms with Gasteiger partial charge in [0.2, 0.25) is 0 Å². The molecule has 0 aliphatic heterocycles. The van der Waals surface area contributed by atoms with Crippen molar-refractivity contribution in [3.8, 4) is 0 Å². The van der Waals surface area contributed by atoms with Crippen molar-refractivity contribution in [3.63, 3.8) is 0 Å². The van der Waals surface area contributed by atoms with E-state index in [0.29, 0.717) is 6.04 Å². The number of aromatic nitrogens is 1. The van der Waals surface area contributed by atoms with Crippen LogP contribution in [-0.2, 0) is 11.2 Å². The number of methoxy groups -OCH3 is 1. The molecule has 0 amide bonds. The molecule has 4 heteroatoms. The normalized spacial score (nSPS) is 16.8.